The Labute approximate surface area is 199 Å². The molecule has 2 atom stereocenters. The Morgan fingerprint density at radius 3 is 2.12 bits per heavy atom. The van der Waals surface area contributed by atoms with Crippen LogP contribution in [0.25, 0.3) is 11.1 Å². The van der Waals surface area contributed by atoms with E-state index in [4.69, 9.17) is 9.84 Å². The molecule has 1 fully saturated rings. The molecule has 0 heterocycles. The second-order valence-electron chi connectivity index (χ2n) is 9.24. The lowest BCUT2D eigenvalue weighted by atomic mass is 9.78. The molecule has 0 aliphatic heterocycles. The first-order valence-corrected chi connectivity index (χ1v) is 12.1. The number of rotatable bonds is 10. The van der Waals surface area contributed by atoms with Gasteiger partial charge in [-0.25, -0.2) is 4.79 Å². The number of hydrogen-bond acceptors (Lipinski definition) is 4. The smallest absolute Gasteiger partial charge is 0.407 e. The largest absolute Gasteiger partial charge is 0.481 e. The average Bonchev–Trinajstić information content (AvgIpc) is 3.09. The number of carbonyl (C=O) groups excluding carboxylic acids is 2. The Kier molecular flexibility index (Phi) is 7.50. The molecule has 180 valence electrons. The van der Waals surface area contributed by atoms with Gasteiger partial charge in [0.15, 0.2) is 0 Å². The molecule has 2 aliphatic rings. The minimum atomic E-state index is -0.945. The summed E-state index contributed by atoms with van der Waals surface area (Å²) in [6.45, 7) is 2.06. The summed E-state index contributed by atoms with van der Waals surface area (Å²) in [4.78, 5) is 36.3. The normalized spacial score (nSPS) is 16.5. The molecule has 0 saturated heterocycles. The van der Waals surface area contributed by atoms with Gasteiger partial charge in [0.2, 0.25) is 5.91 Å². The summed E-state index contributed by atoms with van der Waals surface area (Å²) < 4.78 is 5.67. The van der Waals surface area contributed by atoms with Crippen molar-refractivity contribution >= 4 is 18.0 Å². The van der Waals surface area contributed by atoms with Crippen molar-refractivity contribution in [2.24, 2.45) is 5.92 Å². The number of nitrogens with one attached hydrogen (secondary N) is 2. The second-order valence-corrected chi connectivity index (χ2v) is 9.24. The molecule has 3 N–H and O–H groups in total. The molecule has 4 rings (SSSR count). The van der Waals surface area contributed by atoms with Crippen LogP contribution in [0.4, 0.5) is 4.79 Å². The van der Waals surface area contributed by atoms with Gasteiger partial charge in [0.05, 0.1) is 6.42 Å². The summed E-state index contributed by atoms with van der Waals surface area (Å²) in [5.74, 6) is -0.987. The first kappa shape index (κ1) is 23.8. The van der Waals surface area contributed by atoms with Crippen LogP contribution in [0.5, 0.6) is 0 Å². The molecule has 2 aromatic carbocycles. The lowest BCUT2D eigenvalue weighted by Gasteiger charge is -2.34. The quantitative estimate of drug-likeness (QED) is 0.482. The fourth-order valence-corrected chi connectivity index (χ4v) is 4.96. The molecule has 2 aromatic rings. The average molecular weight is 465 g/mol. The highest BCUT2D eigenvalue weighted by Crippen LogP contribution is 2.44. The first-order valence-electron chi connectivity index (χ1n) is 12.1. The maximum absolute atomic E-state index is 12.7. The number of carboxylic acid groups (broad SMARTS) is 1. The topological polar surface area (TPSA) is 105 Å². The van der Waals surface area contributed by atoms with Crippen molar-refractivity contribution in [3.63, 3.8) is 0 Å². The molecule has 1 saturated carbocycles. The molecule has 2 aliphatic carbocycles. The van der Waals surface area contributed by atoms with Gasteiger partial charge in [-0.05, 0) is 47.4 Å². The van der Waals surface area contributed by atoms with Crippen molar-refractivity contribution in [3.8, 4) is 11.1 Å². The number of carbonyl (C=O) groups is 3. The van der Waals surface area contributed by atoms with E-state index < -0.39 is 18.1 Å². The van der Waals surface area contributed by atoms with Crippen LogP contribution in [0.15, 0.2) is 48.5 Å². The number of benzene rings is 2. The number of amides is 2. The third kappa shape index (κ3) is 5.41. The second kappa shape index (κ2) is 10.7. The van der Waals surface area contributed by atoms with E-state index in [1.807, 2.05) is 31.2 Å². The van der Waals surface area contributed by atoms with Crippen LogP contribution in [-0.2, 0) is 14.3 Å². The van der Waals surface area contributed by atoms with Gasteiger partial charge in [-0.15, -0.1) is 0 Å². The Bertz CT molecular complexity index is 1000. The number of alkyl carbamates (subject to hydrolysis) is 1. The SMILES string of the molecule is CC[C@H](CC(=O)O)NC(=O)CC(NC(=O)OCC1c2ccccc2-c2ccccc21)C1CCC1. The Hall–Kier alpha value is -3.35. The fraction of sp³-hybridized carbons (Fsp3) is 0.444. The van der Waals surface area contributed by atoms with E-state index >= 15 is 0 Å². The molecule has 7 heteroatoms. The van der Waals surface area contributed by atoms with Crippen molar-refractivity contribution in [2.45, 2.75) is 63.5 Å². The van der Waals surface area contributed by atoms with Crippen LogP contribution in [-0.4, -0.2) is 41.8 Å². The molecule has 34 heavy (non-hydrogen) atoms. The molecule has 0 spiro atoms. The summed E-state index contributed by atoms with van der Waals surface area (Å²) in [5, 5.41) is 14.7. The third-order valence-corrected chi connectivity index (χ3v) is 7.05. The predicted octanol–water partition coefficient (Wildman–Crippen LogP) is 4.45. The molecular weight excluding hydrogens is 432 g/mol. The van der Waals surface area contributed by atoms with E-state index in [0.717, 1.165) is 30.4 Å². The summed E-state index contributed by atoms with van der Waals surface area (Å²) in [7, 11) is 0. The van der Waals surface area contributed by atoms with Gasteiger partial charge in [-0.1, -0.05) is 61.9 Å². The van der Waals surface area contributed by atoms with Crippen LogP contribution < -0.4 is 10.6 Å². The van der Waals surface area contributed by atoms with Crippen molar-refractivity contribution < 1.29 is 24.2 Å². The maximum Gasteiger partial charge on any atom is 0.407 e. The van der Waals surface area contributed by atoms with E-state index in [1.54, 1.807) is 0 Å². The maximum atomic E-state index is 12.7. The first-order chi connectivity index (χ1) is 16.5. The Balaban J connectivity index is 1.36. The van der Waals surface area contributed by atoms with Crippen LogP contribution in [0.2, 0.25) is 0 Å². The van der Waals surface area contributed by atoms with Crippen molar-refractivity contribution in [1.29, 1.82) is 0 Å². The summed E-state index contributed by atoms with van der Waals surface area (Å²) >= 11 is 0. The molecule has 1 unspecified atom stereocenters. The third-order valence-electron chi connectivity index (χ3n) is 7.05. The van der Waals surface area contributed by atoms with Crippen molar-refractivity contribution in [1.82, 2.24) is 10.6 Å². The zero-order valence-electron chi connectivity index (χ0n) is 19.5. The van der Waals surface area contributed by atoms with E-state index in [-0.39, 0.29) is 43.2 Å². The number of aliphatic carboxylic acids is 1. The molecular formula is C27H32N2O5. The van der Waals surface area contributed by atoms with Gasteiger partial charge in [0.1, 0.15) is 6.61 Å². The highest BCUT2D eigenvalue weighted by Gasteiger charge is 2.33. The van der Waals surface area contributed by atoms with Crippen LogP contribution in [0.1, 0.15) is 62.5 Å². The molecule has 0 radical (unpaired) electrons. The van der Waals surface area contributed by atoms with Gasteiger partial charge < -0.3 is 20.5 Å². The minimum Gasteiger partial charge on any atom is -0.481 e. The van der Waals surface area contributed by atoms with Crippen molar-refractivity contribution in [2.75, 3.05) is 6.61 Å². The number of carboxylic acids is 1. The molecule has 0 bridgehead atoms. The Morgan fingerprint density at radius 2 is 1.59 bits per heavy atom. The number of hydrogen-bond donors (Lipinski definition) is 3. The number of ether oxygens (including phenoxy) is 1. The van der Waals surface area contributed by atoms with Crippen LogP contribution in [0, 0.1) is 5.92 Å². The lowest BCUT2D eigenvalue weighted by Crippen LogP contribution is -2.47. The van der Waals surface area contributed by atoms with E-state index in [1.165, 1.54) is 11.1 Å². The summed E-state index contributed by atoms with van der Waals surface area (Å²) in [5.41, 5.74) is 4.64. The zero-order valence-corrected chi connectivity index (χ0v) is 19.5. The van der Waals surface area contributed by atoms with Crippen LogP contribution >= 0.6 is 0 Å². The van der Waals surface area contributed by atoms with Gasteiger partial charge in [-0.2, -0.15) is 0 Å². The van der Waals surface area contributed by atoms with E-state index in [0.29, 0.717) is 6.42 Å². The minimum absolute atomic E-state index is 0.0232. The lowest BCUT2D eigenvalue weighted by molar-refractivity contribution is -0.137. The van der Waals surface area contributed by atoms with Crippen molar-refractivity contribution in [3.05, 3.63) is 59.7 Å². The van der Waals surface area contributed by atoms with Gasteiger partial charge in [0, 0.05) is 24.4 Å². The van der Waals surface area contributed by atoms with Gasteiger partial charge in [0.25, 0.3) is 0 Å². The molecule has 7 nitrogen and oxygen atoms in total. The van der Waals surface area contributed by atoms with Gasteiger partial charge >= 0.3 is 12.1 Å². The molecule has 2 amide bonds. The standard InChI is InChI=1S/C27H32N2O5/c1-2-18(14-26(31)32)28-25(30)15-24(17-8-7-9-17)29-27(33)34-16-23-21-12-5-3-10-19(21)20-11-4-6-13-22(20)23/h3-6,10-13,17-18,23-24H,2,7-9,14-16H2,1H3,(H,28,30)(H,29,33)(H,31,32)/t18-,24?/m1/s1. The monoisotopic (exact) mass is 464 g/mol. The van der Waals surface area contributed by atoms with E-state index in [9.17, 15) is 14.4 Å². The van der Waals surface area contributed by atoms with E-state index in [2.05, 4.69) is 34.9 Å². The highest BCUT2D eigenvalue weighted by molar-refractivity contribution is 5.80. The fourth-order valence-electron chi connectivity index (χ4n) is 4.96. The van der Waals surface area contributed by atoms with Crippen LogP contribution in [0.3, 0.4) is 0 Å². The zero-order chi connectivity index (χ0) is 24.1. The molecule has 0 aromatic heterocycles. The summed E-state index contributed by atoms with van der Waals surface area (Å²) in [6, 6.07) is 15.6. The number of fused-ring (bicyclic) bond motifs is 3. The highest BCUT2D eigenvalue weighted by atomic mass is 16.5. The summed E-state index contributed by atoms with van der Waals surface area (Å²) in [6.07, 6.45) is 2.99. The van der Waals surface area contributed by atoms with Gasteiger partial charge in [-0.3, -0.25) is 9.59 Å². The predicted molar refractivity (Wildman–Crippen MR) is 128 cm³/mol. The Morgan fingerprint density at radius 1 is 0.971 bits per heavy atom.